The summed E-state index contributed by atoms with van der Waals surface area (Å²) in [6.07, 6.45) is 1.04. The van der Waals surface area contributed by atoms with Crippen molar-refractivity contribution in [2.24, 2.45) is 0 Å². The van der Waals surface area contributed by atoms with E-state index in [1.165, 1.54) is 0 Å². The van der Waals surface area contributed by atoms with Crippen molar-refractivity contribution < 1.29 is 14.6 Å². The molecule has 1 saturated heterocycles. The Bertz CT molecular complexity index is 413. The Hall–Kier alpha value is -0.580. The molecule has 0 aliphatic carbocycles. The van der Waals surface area contributed by atoms with E-state index in [4.69, 9.17) is 9.47 Å². The van der Waals surface area contributed by atoms with Crippen molar-refractivity contribution in [3.63, 3.8) is 0 Å². The minimum atomic E-state index is -0.446. The Morgan fingerprint density at radius 3 is 3.06 bits per heavy atom. The van der Waals surface area contributed by atoms with Gasteiger partial charge >= 0.3 is 0 Å². The maximum Gasteiger partial charge on any atom is 0.137 e. The molecular formula is C12H13BrO3. The van der Waals surface area contributed by atoms with Crippen LogP contribution in [-0.2, 0) is 4.74 Å². The molecule has 2 heterocycles. The Morgan fingerprint density at radius 2 is 2.31 bits per heavy atom. The second kappa shape index (κ2) is 3.72. The van der Waals surface area contributed by atoms with Gasteiger partial charge in [0.05, 0.1) is 19.3 Å². The molecule has 0 saturated carbocycles. The molecule has 0 bridgehead atoms. The minimum absolute atomic E-state index is 0.312. The zero-order valence-electron chi connectivity index (χ0n) is 8.78. The third kappa shape index (κ3) is 1.65. The van der Waals surface area contributed by atoms with Gasteiger partial charge in [0, 0.05) is 22.9 Å². The lowest BCUT2D eigenvalue weighted by atomic mass is 9.88. The number of hydrogen-bond acceptors (Lipinski definition) is 3. The summed E-state index contributed by atoms with van der Waals surface area (Å²) in [5.74, 6) is 0.777. The summed E-state index contributed by atoms with van der Waals surface area (Å²) in [6, 6.07) is 5.75. The molecule has 3 rings (SSSR count). The summed E-state index contributed by atoms with van der Waals surface area (Å²) in [7, 11) is 0. The van der Waals surface area contributed by atoms with E-state index in [1.54, 1.807) is 0 Å². The van der Waals surface area contributed by atoms with Gasteiger partial charge in [-0.05, 0) is 12.1 Å². The molecule has 3 nitrogen and oxygen atoms in total. The lowest BCUT2D eigenvalue weighted by Gasteiger charge is -2.37. The number of rotatable bonds is 0. The van der Waals surface area contributed by atoms with E-state index in [9.17, 15) is 5.11 Å². The SMILES string of the molecule is OC1CC2(CCOC2)Oc2cc(Br)ccc21. The highest BCUT2D eigenvalue weighted by Gasteiger charge is 2.43. The first kappa shape index (κ1) is 10.6. The summed E-state index contributed by atoms with van der Waals surface area (Å²) in [4.78, 5) is 0. The van der Waals surface area contributed by atoms with Crippen molar-refractivity contribution in [2.45, 2.75) is 24.5 Å². The Morgan fingerprint density at radius 1 is 1.44 bits per heavy atom. The van der Waals surface area contributed by atoms with Crippen LogP contribution in [-0.4, -0.2) is 23.9 Å². The van der Waals surface area contributed by atoms with Crippen LogP contribution in [0.3, 0.4) is 0 Å². The van der Waals surface area contributed by atoms with Crippen LogP contribution < -0.4 is 4.74 Å². The Balaban J connectivity index is 2.00. The lowest BCUT2D eigenvalue weighted by molar-refractivity contribution is -0.0194. The smallest absolute Gasteiger partial charge is 0.137 e. The van der Waals surface area contributed by atoms with E-state index in [2.05, 4.69) is 15.9 Å². The van der Waals surface area contributed by atoms with Crippen molar-refractivity contribution in [3.8, 4) is 5.75 Å². The van der Waals surface area contributed by atoms with Gasteiger partial charge in [-0.1, -0.05) is 22.0 Å². The predicted molar refractivity (Wildman–Crippen MR) is 62.5 cm³/mol. The summed E-state index contributed by atoms with van der Waals surface area (Å²) < 4.78 is 12.4. The monoisotopic (exact) mass is 284 g/mol. The molecule has 16 heavy (non-hydrogen) atoms. The van der Waals surface area contributed by atoms with E-state index in [0.29, 0.717) is 13.0 Å². The first-order valence-corrected chi connectivity index (χ1v) is 6.22. The Labute approximate surface area is 102 Å². The summed E-state index contributed by atoms with van der Waals surface area (Å²) >= 11 is 3.41. The molecule has 86 valence electrons. The number of hydrogen-bond donors (Lipinski definition) is 1. The lowest BCUT2D eigenvalue weighted by Crippen LogP contribution is -2.41. The molecule has 2 aliphatic heterocycles. The van der Waals surface area contributed by atoms with Crippen LogP contribution in [0.2, 0.25) is 0 Å². The molecule has 2 unspecified atom stereocenters. The molecule has 0 amide bonds. The average molecular weight is 285 g/mol. The van der Waals surface area contributed by atoms with Gasteiger partial charge in [0.25, 0.3) is 0 Å². The number of ether oxygens (including phenoxy) is 2. The molecule has 0 radical (unpaired) electrons. The first-order valence-electron chi connectivity index (χ1n) is 5.43. The van der Waals surface area contributed by atoms with Gasteiger partial charge in [0.2, 0.25) is 0 Å². The van der Waals surface area contributed by atoms with Gasteiger partial charge in [0.15, 0.2) is 0 Å². The normalized spacial score (nSPS) is 32.5. The summed E-state index contributed by atoms with van der Waals surface area (Å²) in [5.41, 5.74) is 0.563. The van der Waals surface area contributed by atoms with Crippen LogP contribution in [0.15, 0.2) is 22.7 Å². The van der Waals surface area contributed by atoms with Gasteiger partial charge in [-0.3, -0.25) is 0 Å². The first-order chi connectivity index (χ1) is 7.69. The number of halogens is 1. The zero-order valence-corrected chi connectivity index (χ0v) is 10.4. The summed E-state index contributed by atoms with van der Waals surface area (Å²) in [5, 5.41) is 10.1. The van der Waals surface area contributed by atoms with Crippen LogP contribution in [0.25, 0.3) is 0 Å². The van der Waals surface area contributed by atoms with Crippen LogP contribution in [0.1, 0.15) is 24.5 Å². The van der Waals surface area contributed by atoms with E-state index in [1.807, 2.05) is 18.2 Å². The number of benzene rings is 1. The minimum Gasteiger partial charge on any atom is -0.484 e. The average Bonchev–Trinajstić information content (AvgIpc) is 2.65. The second-order valence-corrected chi connectivity index (χ2v) is 5.41. The molecule has 1 fully saturated rings. The molecule has 1 N–H and O–H groups in total. The highest BCUT2D eigenvalue weighted by Crippen LogP contribution is 2.43. The molecule has 1 spiro atoms. The zero-order chi connectivity index (χ0) is 11.2. The van der Waals surface area contributed by atoms with Gasteiger partial charge < -0.3 is 14.6 Å². The van der Waals surface area contributed by atoms with Crippen molar-refractivity contribution in [2.75, 3.05) is 13.2 Å². The van der Waals surface area contributed by atoms with Crippen molar-refractivity contribution in [1.29, 1.82) is 0 Å². The molecular weight excluding hydrogens is 272 g/mol. The number of fused-ring (bicyclic) bond motifs is 1. The summed E-state index contributed by atoms with van der Waals surface area (Å²) in [6.45, 7) is 1.30. The van der Waals surface area contributed by atoms with Crippen LogP contribution in [0.5, 0.6) is 5.75 Å². The molecule has 0 aromatic heterocycles. The fourth-order valence-electron chi connectivity index (χ4n) is 2.44. The highest BCUT2D eigenvalue weighted by atomic mass is 79.9. The van der Waals surface area contributed by atoms with Crippen LogP contribution in [0.4, 0.5) is 0 Å². The van der Waals surface area contributed by atoms with E-state index in [0.717, 1.165) is 28.8 Å². The number of aliphatic hydroxyl groups excluding tert-OH is 1. The van der Waals surface area contributed by atoms with Gasteiger partial charge in [0.1, 0.15) is 11.4 Å². The van der Waals surface area contributed by atoms with E-state index >= 15 is 0 Å². The molecule has 4 heteroatoms. The topological polar surface area (TPSA) is 38.7 Å². The molecule has 1 aromatic rings. The standard InChI is InChI=1S/C12H13BrO3/c13-8-1-2-9-10(14)6-12(3-4-15-7-12)16-11(9)5-8/h1-2,5,10,14H,3-4,6-7H2. The van der Waals surface area contributed by atoms with Gasteiger partial charge in [-0.15, -0.1) is 0 Å². The third-order valence-electron chi connectivity index (χ3n) is 3.29. The highest BCUT2D eigenvalue weighted by molar-refractivity contribution is 9.10. The van der Waals surface area contributed by atoms with Crippen molar-refractivity contribution >= 4 is 15.9 Å². The van der Waals surface area contributed by atoms with Crippen molar-refractivity contribution in [1.82, 2.24) is 0 Å². The Kier molecular flexibility index (Phi) is 2.46. The number of aliphatic hydroxyl groups is 1. The quantitative estimate of drug-likeness (QED) is 0.795. The fraction of sp³-hybridized carbons (Fsp3) is 0.500. The van der Waals surface area contributed by atoms with E-state index < -0.39 is 6.10 Å². The van der Waals surface area contributed by atoms with Gasteiger partial charge in [-0.25, -0.2) is 0 Å². The van der Waals surface area contributed by atoms with Crippen LogP contribution in [0, 0.1) is 0 Å². The maximum absolute atomic E-state index is 10.1. The van der Waals surface area contributed by atoms with Gasteiger partial charge in [-0.2, -0.15) is 0 Å². The largest absolute Gasteiger partial charge is 0.484 e. The molecule has 2 aliphatic rings. The van der Waals surface area contributed by atoms with Crippen LogP contribution >= 0.6 is 15.9 Å². The second-order valence-electron chi connectivity index (χ2n) is 4.49. The predicted octanol–water partition coefficient (Wildman–Crippen LogP) is 2.42. The van der Waals surface area contributed by atoms with Crippen molar-refractivity contribution in [3.05, 3.63) is 28.2 Å². The maximum atomic E-state index is 10.1. The van der Waals surface area contributed by atoms with E-state index in [-0.39, 0.29) is 5.60 Å². The molecule has 2 atom stereocenters. The molecule has 1 aromatic carbocycles. The third-order valence-corrected chi connectivity index (χ3v) is 3.79. The fourth-order valence-corrected chi connectivity index (χ4v) is 2.78.